The van der Waals surface area contributed by atoms with Crippen LogP contribution in [0.15, 0.2) is 48.8 Å². The first-order chi connectivity index (χ1) is 7.45. The highest BCUT2D eigenvalue weighted by Gasteiger charge is 2.03. The van der Waals surface area contributed by atoms with Crippen LogP contribution >= 0.6 is 0 Å². The number of imidazole rings is 1. The molecule has 0 aliphatic heterocycles. The maximum atomic E-state index is 4.27. The van der Waals surface area contributed by atoms with E-state index in [-0.39, 0.29) is 0 Å². The number of rotatable bonds is 1. The summed E-state index contributed by atoms with van der Waals surface area (Å²) >= 11 is 0. The molecule has 0 atom stereocenters. The Hall–Kier alpha value is -2.09. The van der Waals surface area contributed by atoms with E-state index in [1.54, 1.807) is 6.20 Å². The van der Waals surface area contributed by atoms with Crippen LogP contribution in [-0.2, 0) is 0 Å². The average Bonchev–Trinajstić information content (AvgIpc) is 2.82. The zero-order valence-electron chi connectivity index (χ0n) is 8.07. The van der Waals surface area contributed by atoms with Crippen molar-refractivity contribution in [1.82, 2.24) is 9.97 Å². The fourth-order valence-corrected chi connectivity index (χ4v) is 1.77. The van der Waals surface area contributed by atoms with Crippen molar-refractivity contribution in [3.05, 3.63) is 54.9 Å². The number of benzene rings is 2. The standard InChI is InChI=1S/C13H9N2/c1-2-6-11-10(4-1)5-3-7-12(11)13-14-8-9-15-13/h1-4,6-9H,(H,14,15). The van der Waals surface area contributed by atoms with Crippen molar-refractivity contribution in [2.24, 2.45) is 0 Å². The maximum absolute atomic E-state index is 4.27. The minimum Gasteiger partial charge on any atom is -0.345 e. The number of aromatic amines is 1. The Morgan fingerprint density at radius 3 is 2.93 bits per heavy atom. The number of fused-ring (bicyclic) bond motifs is 1. The second-order valence-electron chi connectivity index (χ2n) is 3.37. The summed E-state index contributed by atoms with van der Waals surface area (Å²) in [5.74, 6) is 0.903. The van der Waals surface area contributed by atoms with E-state index in [9.17, 15) is 0 Å². The van der Waals surface area contributed by atoms with Crippen LogP contribution in [0.4, 0.5) is 0 Å². The van der Waals surface area contributed by atoms with Gasteiger partial charge in [0.2, 0.25) is 0 Å². The van der Waals surface area contributed by atoms with Gasteiger partial charge in [-0.15, -0.1) is 0 Å². The largest absolute Gasteiger partial charge is 0.345 e. The highest BCUT2D eigenvalue weighted by molar-refractivity contribution is 5.94. The number of hydrogen-bond donors (Lipinski definition) is 1. The van der Waals surface area contributed by atoms with Crippen molar-refractivity contribution in [3.63, 3.8) is 0 Å². The van der Waals surface area contributed by atoms with Crippen LogP contribution in [0.5, 0.6) is 0 Å². The van der Waals surface area contributed by atoms with E-state index in [4.69, 9.17) is 0 Å². The van der Waals surface area contributed by atoms with E-state index < -0.39 is 0 Å². The van der Waals surface area contributed by atoms with Crippen molar-refractivity contribution in [3.8, 4) is 11.4 Å². The van der Waals surface area contributed by atoms with Crippen molar-refractivity contribution in [2.45, 2.75) is 0 Å². The van der Waals surface area contributed by atoms with E-state index in [0.29, 0.717) is 0 Å². The minimum atomic E-state index is 0.903. The first-order valence-electron chi connectivity index (χ1n) is 4.84. The van der Waals surface area contributed by atoms with E-state index in [1.807, 2.05) is 30.5 Å². The lowest BCUT2D eigenvalue weighted by molar-refractivity contribution is 1.32. The van der Waals surface area contributed by atoms with Crippen molar-refractivity contribution >= 4 is 10.8 Å². The smallest absolute Gasteiger partial charge is 0.137 e. The fraction of sp³-hybridized carbons (Fsp3) is 0. The summed E-state index contributed by atoms with van der Waals surface area (Å²) in [5.41, 5.74) is 1.12. The van der Waals surface area contributed by atoms with E-state index in [2.05, 4.69) is 28.2 Å². The maximum Gasteiger partial charge on any atom is 0.137 e. The lowest BCUT2D eigenvalue weighted by Gasteiger charge is -2.02. The average molecular weight is 193 g/mol. The van der Waals surface area contributed by atoms with Crippen LogP contribution in [-0.4, -0.2) is 9.97 Å². The summed E-state index contributed by atoms with van der Waals surface area (Å²) in [7, 11) is 0. The molecule has 0 aliphatic rings. The van der Waals surface area contributed by atoms with E-state index >= 15 is 0 Å². The molecule has 0 aliphatic carbocycles. The van der Waals surface area contributed by atoms with E-state index in [1.165, 1.54) is 5.39 Å². The summed E-state index contributed by atoms with van der Waals surface area (Å²) in [5, 5.41) is 2.29. The molecule has 1 heterocycles. The lowest BCUT2D eigenvalue weighted by atomic mass is 10.0. The monoisotopic (exact) mass is 193 g/mol. The summed E-state index contributed by atoms with van der Waals surface area (Å²) in [6.45, 7) is 0. The molecule has 0 saturated heterocycles. The Kier molecular flexibility index (Phi) is 1.78. The van der Waals surface area contributed by atoms with Gasteiger partial charge < -0.3 is 4.98 Å². The van der Waals surface area contributed by atoms with Gasteiger partial charge in [0.1, 0.15) is 5.82 Å². The number of hydrogen-bond acceptors (Lipinski definition) is 1. The highest BCUT2D eigenvalue weighted by atomic mass is 14.9. The van der Waals surface area contributed by atoms with Gasteiger partial charge in [0, 0.05) is 18.0 Å². The minimum absolute atomic E-state index is 0.903. The van der Waals surface area contributed by atoms with Gasteiger partial charge in [0.05, 0.1) is 0 Å². The Morgan fingerprint density at radius 2 is 2.07 bits per heavy atom. The number of nitrogens with one attached hydrogen (secondary N) is 1. The lowest BCUT2D eigenvalue weighted by Crippen LogP contribution is -1.82. The third kappa shape index (κ3) is 1.31. The first-order valence-corrected chi connectivity index (χ1v) is 4.84. The Labute approximate surface area is 87.6 Å². The molecule has 1 aromatic heterocycles. The molecule has 1 radical (unpaired) electrons. The van der Waals surface area contributed by atoms with Gasteiger partial charge in [-0.05, 0) is 22.9 Å². The normalized spacial score (nSPS) is 10.7. The Bertz CT molecular complexity index is 577. The number of aromatic nitrogens is 2. The van der Waals surface area contributed by atoms with Gasteiger partial charge in [0.25, 0.3) is 0 Å². The fourth-order valence-electron chi connectivity index (χ4n) is 1.77. The summed E-state index contributed by atoms with van der Waals surface area (Å²) in [4.78, 5) is 7.39. The molecule has 2 heteroatoms. The van der Waals surface area contributed by atoms with Crippen LogP contribution in [0.1, 0.15) is 0 Å². The molecule has 15 heavy (non-hydrogen) atoms. The molecule has 0 bridgehead atoms. The zero-order valence-corrected chi connectivity index (χ0v) is 8.07. The molecule has 0 unspecified atom stereocenters. The molecule has 0 amide bonds. The molecule has 3 aromatic rings. The van der Waals surface area contributed by atoms with Gasteiger partial charge in [0.15, 0.2) is 0 Å². The van der Waals surface area contributed by atoms with Crippen molar-refractivity contribution < 1.29 is 0 Å². The second-order valence-corrected chi connectivity index (χ2v) is 3.37. The van der Waals surface area contributed by atoms with Crippen molar-refractivity contribution in [1.29, 1.82) is 0 Å². The van der Waals surface area contributed by atoms with Gasteiger partial charge in [-0.3, -0.25) is 0 Å². The van der Waals surface area contributed by atoms with Gasteiger partial charge in [-0.25, -0.2) is 4.98 Å². The predicted molar refractivity (Wildman–Crippen MR) is 60.4 cm³/mol. The summed E-state index contributed by atoms with van der Waals surface area (Å²) in [6, 6.07) is 15.4. The zero-order chi connectivity index (χ0) is 10.1. The summed E-state index contributed by atoms with van der Waals surface area (Å²) < 4.78 is 0. The van der Waals surface area contributed by atoms with Crippen molar-refractivity contribution in [2.75, 3.05) is 0 Å². The molecule has 0 saturated carbocycles. The highest BCUT2D eigenvalue weighted by Crippen LogP contribution is 2.25. The van der Waals surface area contributed by atoms with Crippen LogP contribution in [0.2, 0.25) is 0 Å². The Morgan fingerprint density at radius 1 is 1.13 bits per heavy atom. The predicted octanol–water partition coefficient (Wildman–Crippen LogP) is 3.03. The van der Waals surface area contributed by atoms with Crippen LogP contribution in [0.3, 0.4) is 0 Å². The SMILES string of the molecule is [c]1ccc(-c2ncc[nH]2)c2ccccc12. The van der Waals surface area contributed by atoms with Crippen LogP contribution in [0, 0.1) is 6.07 Å². The first kappa shape index (κ1) is 8.24. The molecule has 0 fully saturated rings. The quantitative estimate of drug-likeness (QED) is 0.632. The third-order valence-corrected chi connectivity index (χ3v) is 2.46. The van der Waals surface area contributed by atoms with Gasteiger partial charge in [-0.1, -0.05) is 30.3 Å². The molecule has 1 N–H and O–H groups in total. The van der Waals surface area contributed by atoms with Gasteiger partial charge in [-0.2, -0.15) is 0 Å². The van der Waals surface area contributed by atoms with Crippen LogP contribution < -0.4 is 0 Å². The summed E-state index contributed by atoms with van der Waals surface area (Å²) in [6.07, 6.45) is 3.60. The molecular weight excluding hydrogens is 184 g/mol. The third-order valence-electron chi connectivity index (χ3n) is 2.46. The molecule has 2 nitrogen and oxygen atoms in total. The van der Waals surface area contributed by atoms with Gasteiger partial charge >= 0.3 is 0 Å². The molecule has 71 valence electrons. The molecule has 3 rings (SSSR count). The topological polar surface area (TPSA) is 28.7 Å². The van der Waals surface area contributed by atoms with E-state index in [0.717, 1.165) is 16.8 Å². The molecular formula is C13H9N2. The molecule has 0 spiro atoms. The Balaban J connectivity index is 2.36. The number of nitrogens with zero attached hydrogens (tertiary/aromatic N) is 1. The molecule has 2 aromatic carbocycles. The second kappa shape index (κ2) is 3.24. The number of H-pyrrole nitrogens is 1. The van der Waals surface area contributed by atoms with Crippen LogP contribution in [0.25, 0.3) is 22.2 Å².